The van der Waals surface area contributed by atoms with Gasteiger partial charge in [-0.2, -0.15) is 0 Å². The maximum atomic E-state index is 5.01. The smallest absolute Gasteiger partial charge is 0.156 e. The van der Waals surface area contributed by atoms with Crippen LogP contribution in [0.3, 0.4) is 0 Å². The van der Waals surface area contributed by atoms with Crippen molar-refractivity contribution >= 4 is 46.8 Å². The van der Waals surface area contributed by atoms with Gasteiger partial charge >= 0.3 is 0 Å². The summed E-state index contributed by atoms with van der Waals surface area (Å²) < 4.78 is 0. The fourth-order valence-electron chi connectivity index (χ4n) is 5.88. The Morgan fingerprint density at radius 1 is 0.610 bits per heavy atom. The van der Waals surface area contributed by atoms with Crippen molar-refractivity contribution in [3.8, 4) is 0 Å². The van der Waals surface area contributed by atoms with Gasteiger partial charge in [0, 0.05) is 23.0 Å². The second-order valence-electron chi connectivity index (χ2n) is 10.3. The summed E-state index contributed by atoms with van der Waals surface area (Å²) in [6.45, 7) is 0.698. The van der Waals surface area contributed by atoms with Gasteiger partial charge in [-0.15, -0.1) is 10.2 Å². The maximum Gasteiger partial charge on any atom is 0.156 e. The molecule has 0 fully saturated rings. The second kappa shape index (κ2) is 11.5. The number of nitrogens with zero attached hydrogens (tertiary/aromatic N) is 2. The molecule has 0 amide bonds. The zero-order valence-corrected chi connectivity index (χ0v) is 23.6. The number of rotatable bonds is 7. The molecule has 3 nitrogen and oxygen atoms in total. The molecule has 6 aromatic rings. The third-order valence-electron chi connectivity index (χ3n) is 7.77. The number of hydrogen-bond acceptors (Lipinski definition) is 3. The molecule has 0 aliphatic heterocycles. The van der Waals surface area contributed by atoms with Crippen molar-refractivity contribution in [3.05, 3.63) is 161 Å². The minimum Gasteiger partial charge on any atom is -0.364 e. The quantitative estimate of drug-likeness (QED) is 0.245. The van der Waals surface area contributed by atoms with E-state index in [1.54, 1.807) is 0 Å². The van der Waals surface area contributed by atoms with Crippen molar-refractivity contribution in [2.45, 2.75) is 18.6 Å². The number of fused-ring (bicyclic) bond motifs is 2. The van der Waals surface area contributed by atoms with Gasteiger partial charge in [-0.05, 0) is 46.5 Å². The lowest BCUT2D eigenvalue weighted by Gasteiger charge is -2.32. The Balaban J connectivity index is 1.42. The molecule has 1 aliphatic rings. The first-order valence-electron chi connectivity index (χ1n) is 14.1. The summed E-state index contributed by atoms with van der Waals surface area (Å²) in [5.41, 5.74) is 3.74. The molecule has 0 bridgehead atoms. The van der Waals surface area contributed by atoms with E-state index >= 15 is 0 Å². The summed E-state index contributed by atoms with van der Waals surface area (Å²) in [5, 5.41) is 20.9. The van der Waals surface area contributed by atoms with E-state index in [0.29, 0.717) is 6.54 Å². The lowest BCUT2D eigenvalue weighted by Crippen LogP contribution is -2.37. The molecule has 1 N–H and O–H groups in total. The monoisotopic (exact) mass is 547 g/mol. The van der Waals surface area contributed by atoms with E-state index in [4.69, 9.17) is 10.2 Å². The van der Waals surface area contributed by atoms with Crippen molar-refractivity contribution in [2.24, 2.45) is 0 Å². The number of nitrogens with one attached hydrogen (secondary N) is 1. The standard InChI is InChI=1S/C37H30N3P/c1-4-14-27(15-5-1)26-38-37-33-23-13-12-22-32(33)36(39-40-37)35-31-21-11-10-16-28(31)24-25-34(35)41(29-17-6-2-7-18-29)30-19-8-3-9-20-30/h1-24,34H,25-26H2,(H,38,40). The lowest BCUT2D eigenvalue weighted by molar-refractivity contribution is 0.981. The molecule has 4 heteroatoms. The third-order valence-corrected chi connectivity index (χ3v) is 10.6. The predicted molar refractivity (Wildman–Crippen MR) is 173 cm³/mol. The van der Waals surface area contributed by atoms with Gasteiger partial charge in [0.25, 0.3) is 0 Å². The van der Waals surface area contributed by atoms with Crippen molar-refractivity contribution in [2.75, 3.05) is 5.32 Å². The van der Waals surface area contributed by atoms with Gasteiger partial charge in [0.05, 0.1) is 5.69 Å². The predicted octanol–water partition coefficient (Wildman–Crippen LogP) is 6.13. The van der Waals surface area contributed by atoms with Gasteiger partial charge in [0.15, 0.2) is 5.82 Å². The van der Waals surface area contributed by atoms with E-state index in [0.717, 1.165) is 28.7 Å². The summed E-state index contributed by atoms with van der Waals surface area (Å²) in [7, 11) is -0.708. The minimum absolute atomic E-state index is 0.255. The number of anilines is 1. The van der Waals surface area contributed by atoms with E-state index in [9.17, 15) is 0 Å². The highest BCUT2D eigenvalue weighted by Gasteiger charge is 2.32. The van der Waals surface area contributed by atoms with E-state index in [-0.39, 0.29) is 5.66 Å². The highest BCUT2D eigenvalue weighted by atomic mass is 31.1. The Bertz CT molecular complexity index is 1880. The van der Waals surface area contributed by atoms with E-state index in [2.05, 4.69) is 145 Å². The molecule has 7 rings (SSSR count). The Morgan fingerprint density at radius 3 is 1.90 bits per heavy atom. The number of aromatic nitrogens is 2. The lowest BCUT2D eigenvalue weighted by atomic mass is 9.94. The molecule has 198 valence electrons. The number of benzene rings is 5. The van der Waals surface area contributed by atoms with E-state index < -0.39 is 7.92 Å². The molecule has 1 aromatic heterocycles. The summed E-state index contributed by atoms with van der Waals surface area (Å²) >= 11 is 0. The van der Waals surface area contributed by atoms with Crippen LogP contribution in [0, 0.1) is 0 Å². The van der Waals surface area contributed by atoms with Gasteiger partial charge in [-0.3, -0.25) is 0 Å². The summed E-state index contributed by atoms with van der Waals surface area (Å²) in [6.07, 6.45) is 3.36. The first-order chi connectivity index (χ1) is 20.4. The van der Waals surface area contributed by atoms with Gasteiger partial charge in [0.1, 0.15) is 0 Å². The van der Waals surface area contributed by atoms with Crippen LogP contribution in [-0.4, -0.2) is 15.9 Å². The van der Waals surface area contributed by atoms with E-state index in [1.165, 1.54) is 32.2 Å². The fourth-order valence-corrected chi connectivity index (χ4v) is 8.72. The third kappa shape index (κ3) is 5.06. The molecular formula is C37H30N3P. The molecule has 1 atom stereocenters. The Kier molecular flexibility index (Phi) is 7.11. The van der Waals surface area contributed by atoms with Crippen LogP contribution in [0.4, 0.5) is 5.82 Å². The van der Waals surface area contributed by atoms with Crippen LogP contribution in [-0.2, 0) is 6.54 Å². The van der Waals surface area contributed by atoms with Crippen LogP contribution in [0.2, 0.25) is 0 Å². The minimum atomic E-state index is -0.708. The topological polar surface area (TPSA) is 37.8 Å². The summed E-state index contributed by atoms with van der Waals surface area (Å²) in [6, 6.07) is 49.8. The fraction of sp³-hybridized carbons (Fsp3) is 0.0811. The maximum absolute atomic E-state index is 5.01. The van der Waals surface area contributed by atoms with Gasteiger partial charge in [-0.1, -0.05) is 146 Å². The zero-order chi connectivity index (χ0) is 27.4. The molecule has 41 heavy (non-hydrogen) atoms. The molecule has 1 aliphatic carbocycles. The molecule has 0 saturated heterocycles. The van der Waals surface area contributed by atoms with Crippen molar-refractivity contribution in [1.82, 2.24) is 10.2 Å². The highest BCUT2D eigenvalue weighted by molar-refractivity contribution is 7.74. The Labute approximate surface area is 241 Å². The molecule has 0 saturated carbocycles. The van der Waals surface area contributed by atoms with Crippen LogP contribution in [0.25, 0.3) is 22.4 Å². The van der Waals surface area contributed by atoms with Gasteiger partial charge in [-0.25, -0.2) is 0 Å². The van der Waals surface area contributed by atoms with Crippen molar-refractivity contribution in [3.63, 3.8) is 0 Å². The normalized spacial score (nSPS) is 14.5. The SMILES string of the molecule is C1=c2ccccc2=C(c2nnc(NCc3ccccc3)c3ccccc23)C(P(c2ccccc2)c2ccccc2)C1. The average molecular weight is 548 g/mol. The van der Waals surface area contributed by atoms with Crippen LogP contribution in [0.15, 0.2) is 140 Å². The Morgan fingerprint density at radius 2 is 1.20 bits per heavy atom. The molecule has 0 spiro atoms. The summed E-state index contributed by atoms with van der Waals surface area (Å²) in [4.78, 5) is 0. The van der Waals surface area contributed by atoms with Crippen LogP contribution >= 0.6 is 7.92 Å². The van der Waals surface area contributed by atoms with Crippen molar-refractivity contribution < 1.29 is 0 Å². The highest BCUT2D eigenvalue weighted by Crippen LogP contribution is 2.48. The van der Waals surface area contributed by atoms with Crippen molar-refractivity contribution in [1.29, 1.82) is 0 Å². The molecule has 5 aromatic carbocycles. The first-order valence-corrected chi connectivity index (χ1v) is 15.5. The van der Waals surface area contributed by atoms with Crippen LogP contribution in [0.1, 0.15) is 17.7 Å². The van der Waals surface area contributed by atoms with Crippen LogP contribution < -0.4 is 26.4 Å². The summed E-state index contributed by atoms with van der Waals surface area (Å²) in [5.74, 6) is 0.814. The molecular weight excluding hydrogens is 517 g/mol. The number of hydrogen-bond donors (Lipinski definition) is 1. The first kappa shape index (κ1) is 25.4. The van der Waals surface area contributed by atoms with Gasteiger partial charge in [0.2, 0.25) is 0 Å². The van der Waals surface area contributed by atoms with E-state index in [1.807, 2.05) is 6.07 Å². The molecule has 1 heterocycles. The Hall–Kier alpha value is -4.59. The average Bonchev–Trinajstić information content (AvgIpc) is 3.05. The van der Waals surface area contributed by atoms with Crippen LogP contribution in [0.5, 0.6) is 0 Å². The zero-order valence-electron chi connectivity index (χ0n) is 22.7. The second-order valence-corrected chi connectivity index (χ2v) is 12.7. The molecule has 0 radical (unpaired) electrons. The van der Waals surface area contributed by atoms with Gasteiger partial charge < -0.3 is 5.32 Å². The largest absolute Gasteiger partial charge is 0.364 e. The molecule has 1 unspecified atom stereocenters.